The number of methoxy groups -OCH3 is 1. The third-order valence-electron chi connectivity index (χ3n) is 1.17. The number of rotatable bonds is 1. The molecule has 0 saturated heterocycles. The minimum absolute atomic E-state index is 0. The summed E-state index contributed by atoms with van der Waals surface area (Å²) in [6.07, 6.45) is 5.44. The molecule has 6 heteroatoms. The first-order chi connectivity index (χ1) is 7.33. The van der Waals surface area contributed by atoms with Gasteiger partial charge in [-0.15, -0.1) is 0 Å². The molecule has 86 valence electrons. The predicted octanol–water partition coefficient (Wildman–Crippen LogP) is 0.931. The SMILES string of the molecule is COC1=CCC(=O)C=C1.[C-]#[O+].[C-]#[O+].[C-]#[O+].[Fe]. The first-order valence-electron chi connectivity index (χ1n) is 3.39. The van der Waals surface area contributed by atoms with Crippen LogP contribution in [0.1, 0.15) is 6.42 Å². The number of ether oxygens (including phenoxy) is 1. The van der Waals surface area contributed by atoms with Gasteiger partial charge < -0.3 is 4.74 Å². The molecule has 0 aromatic rings. The van der Waals surface area contributed by atoms with E-state index in [1.54, 1.807) is 19.3 Å². The molecule has 0 fully saturated rings. The number of hydrogen-bond donors (Lipinski definition) is 0. The monoisotopic (exact) mass is 264 g/mol. The topological polar surface area (TPSA) is 86.0 Å². The Morgan fingerprint density at radius 1 is 1.12 bits per heavy atom. The van der Waals surface area contributed by atoms with Crippen molar-refractivity contribution in [2.75, 3.05) is 7.11 Å². The molecule has 0 atom stereocenters. The van der Waals surface area contributed by atoms with Crippen LogP contribution in [0.15, 0.2) is 24.0 Å². The molecular weight excluding hydrogens is 256 g/mol. The first-order valence-corrected chi connectivity index (χ1v) is 3.39. The maximum atomic E-state index is 10.5. The van der Waals surface area contributed by atoms with E-state index in [0.29, 0.717) is 6.42 Å². The van der Waals surface area contributed by atoms with Gasteiger partial charge in [0.1, 0.15) is 5.76 Å². The zero-order valence-electron chi connectivity index (χ0n) is 8.33. The molecule has 0 unspecified atom stereocenters. The Morgan fingerprint density at radius 2 is 1.56 bits per heavy atom. The van der Waals surface area contributed by atoms with E-state index in [4.69, 9.17) is 18.7 Å². The summed E-state index contributed by atoms with van der Waals surface area (Å²) >= 11 is 0. The third kappa shape index (κ3) is 15.2. The van der Waals surface area contributed by atoms with Gasteiger partial charge in [0.15, 0.2) is 5.78 Å². The van der Waals surface area contributed by atoms with Crippen molar-refractivity contribution in [3.05, 3.63) is 43.9 Å². The molecule has 0 radical (unpaired) electrons. The van der Waals surface area contributed by atoms with Crippen LogP contribution in [-0.2, 0) is 40.6 Å². The molecule has 0 aliphatic heterocycles. The second-order valence-corrected chi connectivity index (χ2v) is 1.81. The van der Waals surface area contributed by atoms with Crippen molar-refractivity contribution in [1.29, 1.82) is 0 Å². The quantitative estimate of drug-likeness (QED) is 0.400. The Kier molecular flexibility index (Phi) is 35.4. The molecule has 0 bridgehead atoms. The van der Waals surface area contributed by atoms with Crippen LogP contribution in [0.25, 0.3) is 0 Å². The van der Waals surface area contributed by atoms with E-state index >= 15 is 0 Å². The van der Waals surface area contributed by atoms with Crippen LogP contribution in [0.3, 0.4) is 0 Å². The van der Waals surface area contributed by atoms with Gasteiger partial charge in [0.2, 0.25) is 0 Å². The van der Waals surface area contributed by atoms with Crippen LogP contribution < -0.4 is 0 Å². The second kappa shape index (κ2) is 23.5. The summed E-state index contributed by atoms with van der Waals surface area (Å²) in [5.41, 5.74) is 0. The zero-order chi connectivity index (χ0) is 12.7. The van der Waals surface area contributed by atoms with E-state index in [0.717, 1.165) is 5.76 Å². The average Bonchev–Trinajstić information content (AvgIpc) is 2.38. The van der Waals surface area contributed by atoms with Gasteiger partial charge >= 0.3 is 33.9 Å². The maximum absolute atomic E-state index is 10.5. The summed E-state index contributed by atoms with van der Waals surface area (Å²) in [6, 6.07) is 0. The Hall–Kier alpha value is -1.31. The Balaban J connectivity index is -0.0000000900. The molecule has 16 heavy (non-hydrogen) atoms. The van der Waals surface area contributed by atoms with Gasteiger partial charge in [-0.05, 0) is 18.2 Å². The molecule has 5 nitrogen and oxygen atoms in total. The smallest absolute Gasteiger partial charge is 0 e. The molecule has 1 aliphatic rings. The molecular formula is C10H8FeO5. The average molecular weight is 264 g/mol. The minimum atomic E-state index is 0. The molecule has 0 saturated carbocycles. The first kappa shape index (κ1) is 24.1. The summed E-state index contributed by atoms with van der Waals surface area (Å²) in [5, 5.41) is 0. The van der Waals surface area contributed by atoms with E-state index in [9.17, 15) is 4.79 Å². The Bertz CT molecular complexity index is 271. The summed E-state index contributed by atoms with van der Waals surface area (Å²) in [5.74, 6) is 0.908. The molecule has 0 spiro atoms. The molecule has 0 N–H and O–H groups in total. The van der Waals surface area contributed by atoms with Gasteiger partial charge in [0.05, 0.1) is 7.11 Å². The molecule has 1 rings (SSSR count). The van der Waals surface area contributed by atoms with Gasteiger partial charge in [-0.3, -0.25) is 4.79 Å². The van der Waals surface area contributed by atoms with Crippen molar-refractivity contribution in [2.24, 2.45) is 0 Å². The van der Waals surface area contributed by atoms with Crippen LogP contribution in [0, 0.1) is 20.0 Å². The number of allylic oxidation sites excluding steroid dienone is 3. The number of hydrogen-bond acceptors (Lipinski definition) is 2. The van der Waals surface area contributed by atoms with Gasteiger partial charge in [-0.1, -0.05) is 0 Å². The van der Waals surface area contributed by atoms with E-state index in [1.807, 2.05) is 0 Å². The van der Waals surface area contributed by atoms with Crippen LogP contribution in [0.4, 0.5) is 0 Å². The molecule has 0 heterocycles. The number of ketones is 1. The fourth-order valence-corrected chi connectivity index (χ4v) is 0.664. The summed E-state index contributed by atoms with van der Waals surface area (Å²) in [7, 11) is 1.59. The van der Waals surface area contributed by atoms with E-state index in [2.05, 4.69) is 20.0 Å². The molecule has 0 aromatic heterocycles. The van der Waals surface area contributed by atoms with Crippen LogP contribution in [0.5, 0.6) is 0 Å². The molecule has 0 aromatic carbocycles. The van der Waals surface area contributed by atoms with Crippen molar-refractivity contribution in [2.45, 2.75) is 6.42 Å². The van der Waals surface area contributed by atoms with Crippen molar-refractivity contribution >= 4 is 5.78 Å². The Labute approximate surface area is 104 Å². The standard InChI is InChI=1S/C7H8O2.3CO.Fe/c1-9-7-4-2-6(8)3-5-7;3*1-2;/h2,4-5H,3H2,1H3;;;;. The van der Waals surface area contributed by atoms with Crippen molar-refractivity contribution in [3.8, 4) is 0 Å². The van der Waals surface area contributed by atoms with Gasteiger partial charge in [-0.25, -0.2) is 0 Å². The predicted molar refractivity (Wildman–Crippen MR) is 45.6 cm³/mol. The maximum Gasteiger partial charge on any atom is 0 e. The van der Waals surface area contributed by atoms with E-state index < -0.39 is 0 Å². The Morgan fingerprint density at radius 3 is 1.81 bits per heavy atom. The fourth-order valence-electron chi connectivity index (χ4n) is 0.664. The largest absolute Gasteiger partial charge is 0 e. The number of carbonyl (C=O) groups is 1. The van der Waals surface area contributed by atoms with Crippen molar-refractivity contribution < 1.29 is 40.6 Å². The van der Waals surface area contributed by atoms with Crippen molar-refractivity contribution in [3.63, 3.8) is 0 Å². The van der Waals surface area contributed by atoms with E-state index in [1.165, 1.54) is 6.08 Å². The summed E-state index contributed by atoms with van der Waals surface area (Å²) < 4.78 is 27.4. The second-order valence-electron chi connectivity index (χ2n) is 1.81. The fraction of sp³-hybridized carbons (Fsp3) is 0.200. The van der Waals surface area contributed by atoms with E-state index in [-0.39, 0.29) is 22.9 Å². The van der Waals surface area contributed by atoms with Gasteiger partial charge in [-0.2, -0.15) is 0 Å². The van der Waals surface area contributed by atoms with Gasteiger partial charge in [0, 0.05) is 23.5 Å². The third-order valence-corrected chi connectivity index (χ3v) is 1.17. The molecule has 1 aliphatic carbocycles. The number of carbonyl (C=O) groups excluding carboxylic acids is 1. The van der Waals surface area contributed by atoms with Crippen LogP contribution >= 0.6 is 0 Å². The summed E-state index contributed by atoms with van der Waals surface area (Å²) in [4.78, 5) is 10.5. The molecule has 0 amide bonds. The van der Waals surface area contributed by atoms with Crippen molar-refractivity contribution in [1.82, 2.24) is 0 Å². The summed E-state index contributed by atoms with van der Waals surface area (Å²) in [6.45, 7) is 13.5. The minimum Gasteiger partial charge on any atom is 0 e. The normalized spacial score (nSPS) is 10.2. The van der Waals surface area contributed by atoms with Crippen LogP contribution in [-0.4, -0.2) is 12.9 Å². The zero-order valence-corrected chi connectivity index (χ0v) is 9.44. The van der Waals surface area contributed by atoms with Gasteiger partial charge in [0.25, 0.3) is 0 Å². The van der Waals surface area contributed by atoms with Crippen LogP contribution in [0.2, 0.25) is 0 Å².